The summed E-state index contributed by atoms with van der Waals surface area (Å²) in [5, 5.41) is 3.38. The molecule has 1 fully saturated rings. The maximum atomic E-state index is 4.27. The Balaban J connectivity index is 1.53. The highest BCUT2D eigenvalue weighted by Gasteiger charge is 2.18. The first-order chi connectivity index (χ1) is 11.2. The van der Waals surface area contributed by atoms with Crippen molar-refractivity contribution < 1.29 is 0 Å². The quantitative estimate of drug-likeness (QED) is 0.919. The lowest BCUT2D eigenvalue weighted by Crippen LogP contribution is -2.48. The summed E-state index contributed by atoms with van der Waals surface area (Å²) in [4.78, 5) is 13.3. The maximum absolute atomic E-state index is 4.27. The Kier molecular flexibility index (Phi) is 5.08. The molecule has 2 heterocycles. The molecule has 1 aliphatic heterocycles. The van der Waals surface area contributed by atoms with Crippen LogP contribution < -0.4 is 10.2 Å². The van der Waals surface area contributed by atoms with Crippen molar-refractivity contribution in [1.82, 2.24) is 14.9 Å². The molecular weight excluding hydrogens is 286 g/mol. The van der Waals surface area contributed by atoms with Gasteiger partial charge in [-0.2, -0.15) is 0 Å². The molecule has 1 aromatic heterocycles. The molecule has 0 saturated carbocycles. The van der Waals surface area contributed by atoms with Crippen LogP contribution in [0.15, 0.2) is 42.9 Å². The third kappa shape index (κ3) is 4.20. The molecule has 1 saturated heterocycles. The SMILES string of the molecule is CC(C)N1CCN(c2ccc(NCc3cnccn3)cc2)CC1. The molecule has 3 rings (SSSR count). The van der Waals surface area contributed by atoms with E-state index in [4.69, 9.17) is 0 Å². The molecule has 0 radical (unpaired) electrons. The molecule has 0 spiro atoms. The van der Waals surface area contributed by atoms with Gasteiger partial charge in [0.05, 0.1) is 18.4 Å². The van der Waals surface area contributed by atoms with Crippen molar-refractivity contribution in [2.24, 2.45) is 0 Å². The second-order valence-corrected chi connectivity index (χ2v) is 6.21. The lowest BCUT2D eigenvalue weighted by atomic mass is 10.2. The molecule has 0 aliphatic carbocycles. The minimum atomic E-state index is 0.643. The van der Waals surface area contributed by atoms with Crippen molar-refractivity contribution in [3.05, 3.63) is 48.5 Å². The van der Waals surface area contributed by atoms with Gasteiger partial charge in [-0.25, -0.2) is 0 Å². The normalized spacial score (nSPS) is 15.9. The van der Waals surface area contributed by atoms with Gasteiger partial charge in [0.1, 0.15) is 0 Å². The van der Waals surface area contributed by atoms with Crippen molar-refractivity contribution in [3.63, 3.8) is 0 Å². The second kappa shape index (κ2) is 7.42. The molecule has 2 aromatic rings. The van der Waals surface area contributed by atoms with Crippen LogP contribution in [-0.2, 0) is 6.54 Å². The molecule has 1 aromatic carbocycles. The Bertz CT molecular complexity index is 589. The predicted octanol–water partition coefficient (Wildman–Crippen LogP) is 2.62. The molecule has 0 atom stereocenters. The predicted molar refractivity (Wildman–Crippen MR) is 94.7 cm³/mol. The van der Waals surface area contributed by atoms with Crippen molar-refractivity contribution >= 4 is 11.4 Å². The van der Waals surface area contributed by atoms with E-state index in [0.717, 1.165) is 37.6 Å². The fraction of sp³-hybridized carbons (Fsp3) is 0.444. The third-order valence-corrected chi connectivity index (χ3v) is 4.37. The van der Waals surface area contributed by atoms with Gasteiger partial charge in [-0.3, -0.25) is 14.9 Å². The lowest BCUT2D eigenvalue weighted by Gasteiger charge is -2.38. The Morgan fingerprint density at radius 2 is 1.78 bits per heavy atom. The van der Waals surface area contributed by atoms with Crippen LogP contribution in [0.25, 0.3) is 0 Å². The van der Waals surface area contributed by atoms with Gasteiger partial charge in [0.15, 0.2) is 0 Å². The van der Waals surface area contributed by atoms with E-state index in [1.807, 2.05) is 0 Å². The Labute approximate surface area is 138 Å². The fourth-order valence-corrected chi connectivity index (χ4v) is 2.90. The van der Waals surface area contributed by atoms with Crippen LogP contribution in [0.4, 0.5) is 11.4 Å². The number of benzene rings is 1. The number of hydrogen-bond acceptors (Lipinski definition) is 5. The minimum Gasteiger partial charge on any atom is -0.379 e. The Hall–Kier alpha value is -2.14. The standard InChI is InChI=1S/C18H25N5/c1-15(2)22-9-11-23(12-10-22)18-5-3-16(4-6-18)21-14-17-13-19-7-8-20-17/h3-8,13,15,21H,9-12,14H2,1-2H3. The number of anilines is 2. The second-order valence-electron chi connectivity index (χ2n) is 6.21. The molecule has 0 unspecified atom stereocenters. The van der Waals surface area contributed by atoms with Gasteiger partial charge in [0, 0.05) is 56.0 Å². The van der Waals surface area contributed by atoms with Gasteiger partial charge in [-0.1, -0.05) is 0 Å². The first kappa shape index (κ1) is 15.7. The summed E-state index contributed by atoms with van der Waals surface area (Å²) in [6.45, 7) is 9.73. The number of piperazine rings is 1. The van der Waals surface area contributed by atoms with Crippen molar-refractivity contribution in [2.75, 3.05) is 36.4 Å². The smallest absolute Gasteiger partial charge is 0.0777 e. The molecule has 1 N–H and O–H groups in total. The monoisotopic (exact) mass is 311 g/mol. The van der Waals surface area contributed by atoms with E-state index in [1.54, 1.807) is 18.6 Å². The highest BCUT2D eigenvalue weighted by atomic mass is 15.3. The van der Waals surface area contributed by atoms with E-state index in [2.05, 4.69) is 63.2 Å². The molecule has 23 heavy (non-hydrogen) atoms. The summed E-state index contributed by atoms with van der Waals surface area (Å²) in [5.74, 6) is 0. The summed E-state index contributed by atoms with van der Waals surface area (Å²) in [6.07, 6.45) is 5.20. The molecule has 0 amide bonds. The van der Waals surface area contributed by atoms with Gasteiger partial charge >= 0.3 is 0 Å². The third-order valence-electron chi connectivity index (χ3n) is 4.37. The summed E-state index contributed by atoms with van der Waals surface area (Å²) < 4.78 is 0. The van der Waals surface area contributed by atoms with Crippen LogP contribution in [0.3, 0.4) is 0 Å². The van der Waals surface area contributed by atoms with Gasteiger partial charge in [-0.15, -0.1) is 0 Å². The maximum Gasteiger partial charge on any atom is 0.0777 e. The van der Waals surface area contributed by atoms with Crippen LogP contribution >= 0.6 is 0 Å². The Morgan fingerprint density at radius 3 is 2.39 bits per heavy atom. The van der Waals surface area contributed by atoms with Crippen LogP contribution in [-0.4, -0.2) is 47.1 Å². The number of nitrogens with zero attached hydrogens (tertiary/aromatic N) is 4. The zero-order valence-corrected chi connectivity index (χ0v) is 13.9. The number of rotatable bonds is 5. The highest BCUT2D eigenvalue weighted by Crippen LogP contribution is 2.20. The number of aromatic nitrogens is 2. The van der Waals surface area contributed by atoms with E-state index >= 15 is 0 Å². The lowest BCUT2D eigenvalue weighted by molar-refractivity contribution is 0.209. The van der Waals surface area contributed by atoms with Crippen molar-refractivity contribution in [3.8, 4) is 0 Å². The summed E-state index contributed by atoms with van der Waals surface area (Å²) >= 11 is 0. The van der Waals surface area contributed by atoms with E-state index in [-0.39, 0.29) is 0 Å². The van der Waals surface area contributed by atoms with Crippen LogP contribution in [0, 0.1) is 0 Å². The average molecular weight is 311 g/mol. The zero-order chi connectivity index (χ0) is 16.1. The topological polar surface area (TPSA) is 44.3 Å². The van der Waals surface area contributed by atoms with Gasteiger partial charge in [-0.05, 0) is 38.1 Å². The van der Waals surface area contributed by atoms with E-state index < -0.39 is 0 Å². The zero-order valence-electron chi connectivity index (χ0n) is 13.9. The number of nitrogens with one attached hydrogen (secondary N) is 1. The molecule has 122 valence electrons. The van der Waals surface area contributed by atoms with Crippen LogP contribution in [0.2, 0.25) is 0 Å². The first-order valence-corrected chi connectivity index (χ1v) is 8.30. The highest BCUT2D eigenvalue weighted by molar-refractivity contribution is 5.55. The Morgan fingerprint density at radius 1 is 1.04 bits per heavy atom. The molecule has 5 nitrogen and oxygen atoms in total. The molecular formula is C18H25N5. The first-order valence-electron chi connectivity index (χ1n) is 8.30. The largest absolute Gasteiger partial charge is 0.379 e. The van der Waals surface area contributed by atoms with Gasteiger partial charge in [0.25, 0.3) is 0 Å². The fourth-order valence-electron chi connectivity index (χ4n) is 2.90. The molecule has 0 bridgehead atoms. The average Bonchev–Trinajstić information content (AvgIpc) is 2.61. The van der Waals surface area contributed by atoms with Crippen LogP contribution in [0.1, 0.15) is 19.5 Å². The summed E-state index contributed by atoms with van der Waals surface area (Å²) in [5.41, 5.74) is 3.36. The number of hydrogen-bond donors (Lipinski definition) is 1. The van der Waals surface area contributed by atoms with E-state index in [0.29, 0.717) is 12.6 Å². The summed E-state index contributed by atoms with van der Waals surface area (Å²) in [6, 6.07) is 9.32. The van der Waals surface area contributed by atoms with Gasteiger partial charge in [0.2, 0.25) is 0 Å². The van der Waals surface area contributed by atoms with Gasteiger partial charge < -0.3 is 10.2 Å². The van der Waals surface area contributed by atoms with Crippen LogP contribution in [0.5, 0.6) is 0 Å². The molecule has 5 heteroatoms. The molecule has 1 aliphatic rings. The van der Waals surface area contributed by atoms with Crippen molar-refractivity contribution in [1.29, 1.82) is 0 Å². The summed E-state index contributed by atoms with van der Waals surface area (Å²) in [7, 11) is 0. The van der Waals surface area contributed by atoms with E-state index in [9.17, 15) is 0 Å². The van der Waals surface area contributed by atoms with Crippen molar-refractivity contribution in [2.45, 2.75) is 26.4 Å². The van der Waals surface area contributed by atoms with E-state index in [1.165, 1.54) is 5.69 Å². The minimum absolute atomic E-state index is 0.643.